The molecule has 0 aliphatic carbocycles. The molecule has 0 amide bonds. The molecule has 1 unspecified atom stereocenters. The molecule has 10 heavy (non-hydrogen) atoms. The SMILES string of the molecule is C1=COC(C2=COCN2)N1. The minimum absolute atomic E-state index is 0.0810. The summed E-state index contributed by atoms with van der Waals surface area (Å²) in [6.07, 6.45) is 4.95. The Hall–Kier alpha value is -1.32. The van der Waals surface area contributed by atoms with Gasteiger partial charge in [0.25, 0.3) is 0 Å². The van der Waals surface area contributed by atoms with Crippen molar-refractivity contribution in [3.63, 3.8) is 0 Å². The topological polar surface area (TPSA) is 42.5 Å². The second-order valence-electron chi connectivity index (χ2n) is 2.05. The maximum atomic E-state index is 5.13. The number of rotatable bonds is 1. The fourth-order valence-electron chi connectivity index (χ4n) is 0.900. The molecule has 0 aromatic rings. The molecule has 0 aromatic heterocycles. The van der Waals surface area contributed by atoms with Crippen LogP contribution in [0.2, 0.25) is 0 Å². The molecule has 0 saturated carbocycles. The minimum atomic E-state index is -0.0810. The lowest BCUT2D eigenvalue weighted by molar-refractivity contribution is 0.180. The van der Waals surface area contributed by atoms with Crippen molar-refractivity contribution >= 4 is 0 Å². The van der Waals surface area contributed by atoms with E-state index in [9.17, 15) is 0 Å². The summed E-state index contributed by atoms with van der Waals surface area (Å²) in [6.45, 7) is 0.539. The van der Waals surface area contributed by atoms with Crippen LogP contribution in [0.15, 0.2) is 24.4 Å². The van der Waals surface area contributed by atoms with E-state index in [2.05, 4.69) is 10.6 Å². The molecule has 2 heterocycles. The third-order valence-corrected chi connectivity index (χ3v) is 1.38. The summed E-state index contributed by atoms with van der Waals surface area (Å²) < 4.78 is 10.1. The van der Waals surface area contributed by atoms with Gasteiger partial charge in [-0.1, -0.05) is 0 Å². The number of hydrogen-bond acceptors (Lipinski definition) is 4. The van der Waals surface area contributed by atoms with Crippen molar-refractivity contribution in [2.24, 2.45) is 0 Å². The molecule has 2 aliphatic heterocycles. The summed E-state index contributed by atoms with van der Waals surface area (Å²) in [5, 5.41) is 5.99. The van der Waals surface area contributed by atoms with E-state index >= 15 is 0 Å². The van der Waals surface area contributed by atoms with E-state index in [1.54, 1.807) is 18.7 Å². The monoisotopic (exact) mass is 140 g/mol. The second-order valence-corrected chi connectivity index (χ2v) is 2.05. The summed E-state index contributed by atoms with van der Waals surface area (Å²) in [4.78, 5) is 0. The van der Waals surface area contributed by atoms with Gasteiger partial charge < -0.3 is 20.1 Å². The van der Waals surface area contributed by atoms with Gasteiger partial charge in [-0.05, 0) is 0 Å². The molecular weight excluding hydrogens is 132 g/mol. The summed E-state index contributed by atoms with van der Waals surface area (Å²) in [7, 11) is 0. The van der Waals surface area contributed by atoms with Crippen molar-refractivity contribution in [2.75, 3.05) is 6.73 Å². The van der Waals surface area contributed by atoms with Gasteiger partial charge in [-0.2, -0.15) is 0 Å². The van der Waals surface area contributed by atoms with Crippen LogP contribution in [0, 0.1) is 0 Å². The van der Waals surface area contributed by atoms with Crippen LogP contribution in [0.3, 0.4) is 0 Å². The highest BCUT2D eigenvalue weighted by atomic mass is 16.5. The highest BCUT2D eigenvalue weighted by Crippen LogP contribution is 2.09. The molecule has 0 bridgehead atoms. The van der Waals surface area contributed by atoms with E-state index < -0.39 is 0 Å². The van der Waals surface area contributed by atoms with Crippen molar-refractivity contribution in [3.05, 3.63) is 24.4 Å². The van der Waals surface area contributed by atoms with E-state index in [1.165, 1.54) is 0 Å². The highest BCUT2D eigenvalue weighted by Gasteiger charge is 2.18. The Morgan fingerprint density at radius 2 is 2.60 bits per heavy atom. The highest BCUT2D eigenvalue weighted by molar-refractivity contribution is 5.08. The summed E-state index contributed by atoms with van der Waals surface area (Å²) >= 11 is 0. The molecule has 2 N–H and O–H groups in total. The van der Waals surface area contributed by atoms with Gasteiger partial charge in [-0.3, -0.25) is 0 Å². The average molecular weight is 140 g/mol. The maximum Gasteiger partial charge on any atom is 0.212 e. The lowest BCUT2D eigenvalue weighted by atomic mass is 10.4. The smallest absolute Gasteiger partial charge is 0.212 e. The lowest BCUT2D eigenvalue weighted by Gasteiger charge is -2.10. The van der Waals surface area contributed by atoms with Gasteiger partial charge in [0.15, 0.2) is 6.73 Å². The molecule has 0 spiro atoms. The van der Waals surface area contributed by atoms with Crippen molar-refractivity contribution < 1.29 is 9.47 Å². The number of hydrogen-bond donors (Lipinski definition) is 2. The molecule has 2 aliphatic rings. The number of nitrogens with one attached hydrogen (secondary N) is 2. The van der Waals surface area contributed by atoms with Gasteiger partial charge in [-0.15, -0.1) is 0 Å². The fraction of sp³-hybridized carbons (Fsp3) is 0.333. The number of ether oxygens (including phenoxy) is 2. The predicted octanol–water partition coefficient (Wildman–Crippen LogP) is -0.178. The van der Waals surface area contributed by atoms with Gasteiger partial charge in [0, 0.05) is 6.20 Å². The Kier molecular flexibility index (Phi) is 1.16. The van der Waals surface area contributed by atoms with Gasteiger partial charge >= 0.3 is 0 Å². The first-order valence-electron chi connectivity index (χ1n) is 3.09. The molecular formula is C6H8N2O2. The van der Waals surface area contributed by atoms with Crippen molar-refractivity contribution in [1.82, 2.24) is 10.6 Å². The molecule has 4 heteroatoms. The van der Waals surface area contributed by atoms with Gasteiger partial charge in [0.2, 0.25) is 6.23 Å². The fourth-order valence-corrected chi connectivity index (χ4v) is 0.900. The van der Waals surface area contributed by atoms with Crippen LogP contribution in [0.5, 0.6) is 0 Å². The molecule has 54 valence electrons. The van der Waals surface area contributed by atoms with Crippen LogP contribution in [0.4, 0.5) is 0 Å². The van der Waals surface area contributed by atoms with E-state index in [1.807, 2.05) is 0 Å². The van der Waals surface area contributed by atoms with Gasteiger partial charge in [-0.25, -0.2) is 0 Å². The first kappa shape index (κ1) is 5.46. The third kappa shape index (κ3) is 0.775. The normalized spacial score (nSPS) is 28.0. The van der Waals surface area contributed by atoms with Crippen LogP contribution in [0.1, 0.15) is 0 Å². The Bertz CT molecular complexity index is 180. The standard InChI is InChI=1S/C6H8N2O2/c1-2-10-6(7-1)5-3-9-4-8-5/h1-3,6-8H,4H2. The molecule has 0 aromatic carbocycles. The minimum Gasteiger partial charge on any atom is -0.479 e. The molecule has 0 radical (unpaired) electrons. The van der Waals surface area contributed by atoms with Gasteiger partial charge in [0.05, 0.1) is 0 Å². The molecule has 1 atom stereocenters. The van der Waals surface area contributed by atoms with Crippen LogP contribution in [-0.2, 0) is 9.47 Å². The summed E-state index contributed by atoms with van der Waals surface area (Å²) in [6, 6.07) is 0. The van der Waals surface area contributed by atoms with Crippen molar-refractivity contribution in [1.29, 1.82) is 0 Å². The van der Waals surface area contributed by atoms with Crippen molar-refractivity contribution in [3.8, 4) is 0 Å². The lowest BCUT2D eigenvalue weighted by Crippen LogP contribution is -2.29. The van der Waals surface area contributed by atoms with E-state index in [0.29, 0.717) is 6.73 Å². The Labute approximate surface area is 58.5 Å². The van der Waals surface area contributed by atoms with Gasteiger partial charge in [0.1, 0.15) is 18.2 Å². The van der Waals surface area contributed by atoms with Crippen LogP contribution < -0.4 is 10.6 Å². The first-order chi connectivity index (χ1) is 4.97. The van der Waals surface area contributed by atoms with Crippen LogP contribution in [-0.4, -0.2) is 13.0 Å². The zero-order valence-electron chi connectivity index (χ0n) is 5.33. The van der Waals surface area contributed by atoms with E-state index in [4.69, 9.17) is 9.47 Å². The third-order valence-electron chi connectivity index (χ3n) is 1.38. The van der Waals surface area contributed by atoms with Crippen molar-refractivity contribution in [2.45, 2.75) is 6.23 Å². The summed E-state index contributed by atoms with van der Waals surface area (Å²) in [5.41, 5.74) is 0.935. The Morgan fingerprint density at radius 3 is 3.20 bits per heavy atom. The van der Waals surface area contributed by atoms with E-state index in [-0.39, 0.29) is 6.23 Å². The van der Waals surface area contributed by atoms with Crippen LogP contribution >= 0.6 is 0 Å². The second kappa shape index (κ2) is 2.13. The van der Waals surface area contributed by atoms with Crippen LogP contribution in [0.25, 0.3) is 0 Å². The molecule has 0 fully saturated rings. The predicted molar refractivity (Wildman–Crippen MR) is 34.3 cm³/mol. The first-order valence-corrected chi connectivity index (χ1v) is 3.09. The molecule has 2 rings (SSSR count). The zero-order chi connectivity index (χ0) is 6.81. The quantitative estimate of drug-likeness (QED) is 0.530. The summed E-state index contributed by atoms with van der Waals surface area (Å²) in [5.74, 6) is 0. The maximum absolute atomic E-state index is 5.13. The zero-order valence-corrected chi connectivity index (χ0v) is 5.33. The van der Waals surface area contributed by atoms with E-state index in [0.717, 1.165) is 5.70 Å². The molecule has 0 saturated heterocycles. The largest absolute Gasteiger partial charge is 0.479 e. The average Bonchev–Trinajstić information content (AvgIpc) is 2.59. The Balaban J connectivity index is 1.99. The molecule has 4 nitrogen and oxygen atoms in total. The Morgan fingerprint density at radius 1 is 1.60 bits per heavy atom.